The van der Waals surface area contributed by atoms with Crippen LogP contribution in [-0.2, 0) is 0 Å². The van der Waals surface area contributed by atoms with Gasteiger partial charge in [0, 0.05) is 39.9 Å². The summed E-state index contributed by atoms with van der Waals surface area (Å²) in [6.45, 7) is 0. The molecule has 18 heteroatoms. The van der Waals surface area contributed by atoms with Crippen molar-refractivity contribution in [1.82, 2.24) is 40.3 Å². The number of benzene rings is 8. The SMILES string of the molecule is N#Cc1c(-c2ccc(Oc3ccccc3)cc2)cc(C2CCCC2)nc1Cl.N#Cc1c(C2CCCC2)cc(-c2ccc(Oc3ccccc3)cc2)nc1Cl.Nc1[nH]nc2nc(-c3ccc(Oc4ccccc4)cc3)cc(C3CCCC3)c12.Nc1[nH]nc2nc(C3CCCC3)cc(-c3ccc(Oc4ccccc4)cc3)c12. The van der Waals surface area contributed by atoms with Crippen LogP contribution in [0.15, 0.2) is 243 Å². The van der Waals surface area contributed by atoms with Gasteiger partial charge in [-0.2, -0.15) is 20.7 Å². The number of nitrogen functional groups attached to an aromatic ring is 2. The molecule has 0 amide bonds. The van der Waals surface area contributed by atoms with Gasteiger partial charge in [-0.15, -0.1) is 0 Å². The number of hydrogen-bond donors (Lipinski definition) is 4. The predicted molar refractivity (Wildman–Crippen MR) is 437 cm³/mol. The van der Waals surface area contributed by atoms with Crippen molar-refractivity contribution in [2.45, 2.75) is 126 Å². The minimum absolute atomic E-state index is 0.293. The van der Waals surface area contributed by atoms with Crippen LogP contribution in [0.5, 0.6) is 46.0 Å². The lowest BCUT2D eigenvalue weighted by molar-refractivity contribution is 0.482. The average molecular weight is 1490 g/mol. The normalized spacial score (nSPS) is 14.3. The van der Waals surface area contributed by atoms with E-state index in [4.69, 9.17) is 63.6 Å². The van der Waals surface area contributed by atoms with Crippen LogP contribution in [0, 0.1) is 22.7 Å². The number of nitrogens with one attached hydrogen (secondary N) is 2. The standard InChI is InChI=1S/2C23H19ClN2O.2C23H22N4O/c24-23-21(15-25)20(14-22(26-23)17-6-4-5-7-17)16-10-12-19(13-11-16)27-18-8-2-1-3-9-18;24-23-21(15-25)20(16-6-4-5-7-16)14-22(26-23)17-10-12-19(13-11-17)27-18-8-2-1-3-9-18;24-22-21-19(14-20(16-6-4-5-7-16)25-23(21)27-26-22)15-10-12-18(13-11-15)28-17-8-2-1-3-9-17;24-22-21-19(15-6-4-5-7-15)14-20(25-23(21)27-26-22)16-10-12-18(13-11-16)28-17-8-2-1-3-9-17/h1-3,8-14,17H,4-7H2;1-3,8-14,16H,4-7H2;1-3,8-14,16H,4-7H2,(H3,24,25,26,27);1-3,8-15H,4-7H2,(H3,24,25,26,27). The monoisotopic (exact) mass is 1490 g/mol. The highest BCUT2D eigenvalue weighted by Crippen LogP contribution is 2.45. The molecule has 6 N–H and O–H groups in total. The van der Waals surface area contributed by atoms with Crippen molar-refractivity contribution < 1.29 is 18.9 Å². The van der Waals surface area contributed by atoms with Crippen LogP contribution in [0.4, 0.5) is 11.6 Å². The molecule has 0 unspecified atom stereocenters. The number of halogens is 2. The van der Waals surface area contributed by atoms with Crippen molar-refractivity contribution in [2.75, 3.05) is 11.5 Å². The summed E-state index contributed by atoms with van der Waals surface area (Å²) in [4.78, 5) is 18.5. The van der Waals surface area contributed by atoms with E-state index in [1.165, 1.54) is 82.6 Å². The number of ether oxygens (including phenoxy) is 4. The first-order chi connectivity index (χ1) is 54.0. The highest BCUT2D eigenvalue weighted by Gasteiger charge is 2.28. The van der Waals surface area contributed by atoms with E-state index in [0.29, 0.717) is 68.0 Å². The Kier molecular flexibility index (Phi) is 23.1. The summed E-state index contributed by atoms with van der Waals surface area (Å²) in [6, 6.07) is 83.5. The Morgan fingerprint density at radius 1 is 0.327 bits per heavy atom. The second kappa shape index (κ2) is 34.7. The lowest BCUT2D eigenvalue weighted by Gasteiger charge is -2.14. The summed E-state index contributed by atoms with van der Waals surface area (Å²) >= 11 is 12.7. The number of anilines is 2. The summed E-state index contributed by atoms with van der Waals surface area (Å²) in [5.74, 6) is 9.41. The van der Waals surface area contributed by atoms with Gasteiger partial charge in [-0.25, -0.2) is 19.9 Å². The maximum atomic E-state index is 9.57. The summed E-state index contributed by atoms with van der Waals surface area (Å²) in [7, 11) is 0. The fourth-order valence-corrected chi connectivity index (χ4v) is 15.9. The Morgan fingerprint density at radius 2 is 0.645 bits per heavy atom. The van der Waals surface area contributed by atoms with Gasteiger partial charge in [-0.05, 0) is 237 Å². The number of aromatic amines is 2. The first-order valence-electron chi connectivity index (χ1n) is 37.9. The van der Waals surface area contributed by atoms with E-state index in [2.05, 4.69) is 66.8 Å². The third-order valence-corrected chi connectivity index (χ3v) is 21.6. The number of pyridine rings is 4. The quantitative estimate of drug-likeness (QED) is 0.0658. The molecule has 0 spiro atoms. The third kappa shape index (κ3) is 17.4. The van der Waals surface area contributed by atoms with Crippen molar-refractivity contribution in [3.63, 3.8) is 0 Å². The maximum absolute atomic E-state index is 9.57. The van der Waals surface area contributed by atoms with E-state index in [1.807, 2.05) is 218 Å². The van der Waals surface area contributed by atoms with Crippen LogP contribution < -0.4 is 30.4 Å². The van der Waals surface area contributed by atoms with Gasteiger partial charge in [0.15, 0.2) is 11.3 Å². The molecule has 8 aromatic carbocycles. The molecule has 0 bridgehead atoms. The van der Waals surface area contributed by atoms with Crippen LogP contribution in [0.1, 0.15) is 160 Å². The molecule has 0 saturated heterocycles. The summed E-state index contributed by atoms with van der Waals surface area (Å²) in [6.07, 6.45) is 19.2. The maximum Gasteiger partial charge on any atom is 0.183 e. The van der Waals surface area contributed by atoms with E-state index in [1.54, 1.807) is 0 Å². The molecule has 4 fully saturated rings. The predicted octanol–water partition coefficient (Wildman–Crippen LogP) is 24.8. The molecule has 14 aromatic rings. The zero-order valence-corrected chi connectivity index (χ0v) is 62.4. The Hall–Kier alpha value is -12.3. The number of H-pyrrole nitrogens is 2. The molecular formula is C92H82Cl2N12O4. The largest absolute Gasteiger partial charge is 0.457 e. The molecule has 18 rings (SSSR count). The van der Waals surface area contributed by atoms with Gasteiger partial charge in [0.1, 0.15) is 80.1 Å². The zero-order chi connectivity index (χ0) is 75.1. The molecule has 0 radical (unpaired) electrons. The van der Waals surface area contributed by atoms with Crippen LogP contribution in [-0.4, -0.2) is 40.3 Å². The Bertz CT molecular complexity index is 5520. The molecule has 4 saturated carbocycles. The second-order valence-electron chi connectivity index (χ2n) is 28.3. The highest BCUT2D eigenvalue weighted by molar-refractivity contribution is 6.31. The van der Waals surface area contributed by atoms with Gasteiger partial charge < -0.3 is 30.4 Å². The Morgan fingerprint density at radius 3 is 1.06 bits per heavy atom. The topological polar surface area (TPSA) is 245 Å². The summed E-state index contributed by atoms with van der Waals surface area (Å²) in [5.41, 5.74) is 26.7. The number of para-hydroxylation sites is 4. The molecule has 0 atom stereocenters. The van der Waals surface area contributed by atoms with Crippen LogP contribution in [0.25, 0.3) is 66.8 Å². The van der Waals surface area contributed by atoms with Gasteiger partial charge in [0.05, 0.1) is 33.3 Å². The smallest absolute Gasteiger partial charge is 0.183 e. The number of aromatic nitrogens is 8. The van der Waals surface area contributed by atoms with Gasteiger partial charge in [-0.1, -0.05) is 172 Å². The molecule has 6 aromatic heterocycles. The Balaban J connectivity index is 0.000000117. The van der Waals surface area contributed by atoms with Crippen molar-refractivity contribution in [3.05, 3.63) is 287 Å². The fourth-order valence-electron chi connectivity index (χ4n) is 15.4. The number of nitrogens with zero attached hydrogens (tertiary/aromatic N) is 8. The van der Waals surface area contributed by atoms with Gasteiger partial charge in [-0.3, -0.25) is 10.2 Å². The number of fused-ring (bicyclic) bond motifs is 2. The first kappa shape index (κ1) is 73.2. The van der Waals surface area contributed by atoms with Gasteiger partial charge in [0.2, 0.25) is 0 Å². The minimum Gasteiger partial charge on any atom is -0.457 e. The second-order valence-corrected chi connectivity index (χ2v) is 29.0. The molecule has 110 heavy (non-hydrogen) atoms. The van der Waals surface area contributed by atoms with Crippen molar-refractivity contribution in [1.29, 1.82) is 10.5 Å². The van der Waals surface area contributed by atoms with Crippen molar-refractivity contribution in [3.8, 4) is 103 Å². The summed E-state index contributed by atoms with van der Waals surface area (Å²) in [5, 5.41) is 36.0. The number of nitriles is 2. The van der Waals surface area contributed by atoms with Gasteiger partial charge in [0.25, 0.3) is 0 Å². The van der Waals surface area contributed by atoms with E-state index in [0.717, 1.165) is 144 Å². The molecule has 0 aliphatic heterocycles. The number of rotatable bonds is 16. The van der Waals surface area contributed by atoms with Crippen LogP contribution >= 0.6 is 23.2 Å². The molecule has 4 aliphatic rings. The van der Waals surface area contributed by atoms with Crippen LogP contribution in [0.2, 0.25) is 10.3 Å². The third-order valence-electron chi connectivity index (χ3n) is 21.1. The van der Waals surface area contributed by atoms with E-state index in [-0.39, 0.29) is 0 Å². The van der Waals surface area contributed by atoms with E-state index < -0.39 is 0 Å². The molecular weight excluding hydrogens is 1410 g/mol. The van der Waals surface area contributed by atoms with Crippen molar-refractivity contribution in [2.24, 2.45) is 0 Å². The van der Waals surface area contributed by atoms with E-state index >= 15 is 0 Å². The number of nitrogens with two attached hydrogens (primary N) is 2. The fraction of sp³-hybridized carbons (Fsp3) is 0.217. The lowest BCUT2D eigenvalue weighted by atomic mass is 9.93. The highest BCUT2D eigenvalue weighted by atomic mass is 35.5. The van der Waals surface area contributed by atoms with Gasteiger partial charge >= 0.3 is 0 Å². The molecule has 4 aliphatic carbocycles. The minimum atomic E-state index is 0.293. The Labute approximate surface area is 650 Å². The van der Waals surface area contributed by atoms with Crippen molar-refractivity contribution >= 4 is 56.9 Å². The molecule has 16 nitrogen and oxygen atoms in total. The van der Waals surface area contributed by atoms with E-state index in [9.17, 15) is 10.5 Å². The molecule has 548 valence electrons. The van der Waals surface area contributed by atoms with Crippen LogP contribution in [0.3, 0.4) is 0 Å². The first-order valence-corrected chi connectivity index (χ1v) is 38.6. The average Bonchev–Trinajstić information content (AvgIpc) is 1.44. The molecule has 6 heterocycles. The summed E-state index contributed by atoms with van der Waals surface area (Å²) < 4.78 is 23.5. The zero-order valence-electron chi connectivity index (χ0n) is 60.8. The lowest BCUT2D eigenvalue weighted by Crippen LogP contribution is -2.00. The number of hydrogen-bond acceptors (Lipinski definition) is 14.